The van der Waals surface area contributed by atoms with Gasteiger partial charge in [-0.3, -0.25) is 4.79 Å². The minimum atomic E-state index is -0.669. The second-order valence-corrected chi connectivity index (χ2v) is 5.18. The lowest BCUT2D eigenvalue weighted by Gasteiger charge is -2.22. The van der Waals surface area contributed by atoms with E-state index in [0.29, 0.717) is 0 Å². The van der Waals surface area contributed by atoms with Crippen molar-refractivity contribution in [3.8, 4) is 0 Å². The summed E-state index contributed by atoms with van der Waals surface area (Å²) in [6.45, 7) is 10.5. The Morgan fingerprint density at radius 2 is 1.71 bits per heavy atom. The van der Waals surface area contributed by atoms with E-state index < -0.39 is 17.6 Å². The van der Waals surface area contributed by atoms with E-state index in [-0.39, 0.29) is 18.6 Å². The molecule has 0 spiro atoms. The predicted molar refractivity (Wildman–Crippen MR) is 64.5 cm³/mol. The minimum absolute atomic E-state index is 0.0161. The molecule has 1 atom stereocenters. The lowest BCUT2D eigenvalue weighted by molar-refractivity contribution is -0.158. The molecule has 5 nitrogen and oxygen atoms in total. The van der Waals surface area contributed by atoms with Crippen molar-refractivity contribution in [1.29, 1.82) is 0 Å². The third-order valence-corrected chi connectivity index (χ3v) is 1.69. The van der Waals surface area contributed by atoms with Gasteiger partial charge >= 0.3 is 5.97 Å². The van der Waals surface area contributed by atoms with Crippen LogP contribution in [0.15, 0.2) is 0 Å². The first-order valence-corrected chi connectivity index (χ1v) is 5.75. The summed E-state index contributed by atoms with van der Waals surface area (Å²) in [6, 6.07) is -0.669. The summed E-state index contributed by atoms with van der Waals surface area (Å²) in [5, 5.41) is 2.52. The van der Waals surface area contributed by atoms with Gasteiger partial charge in [0.25, 0.3) is 0 Å². The van der Waals surface area contributed by atoms with Crippen LogP contribution in [0.3, 0.4) is 0 Å². The molecule has 0 saturated heterocycles. The Bertz CT molecular complexity index is 268. The van der Waals surface area contributed by atoms with Gasteiger partial charge in [-0.05, 0) is 41.5 Å². The van der Waals surface area contributed by atoms with Crippen LogP contribution in [-0.4, -0.2) is 36.2 Å². The third kappa shape index (κ3) is 8.68. The van der Waals surface area contributed by atoms with Gasteiger partial charge in [-0.2, -0.15) is 0 Å². The molecule has 100 valence electrons. The van der Waals surface area contributed by atoms with Gasteiger partial charge in [0.15, 0.2) is 0 Å². The molecule has 0 aliphatic carbocycles. The molecule has 5 heteroatoms. The summed E-state index contributed by atoms with van der Waals surface area (Å²) < 4.78 is 10.3. The smallest absolute Gasteiger partial charge is 0.328 e. The van der Waals surface area contributed by atoms with Crippen LogP contribution in [0.4, 0.5) is 0 Å². The minimum Gasteiger partial charge on any atom is -0.458 e. The Labute approximate surface area is 103 Å². The highest BCUT2D eigenvalue weighted by molar-refractivity contribution is 5.84. The van der Waals surface area contributed by atoms with Crippen molar-refractivity contribution in [2.24, 2.45) is 0 Å². The fourth-order valence-corrected chi connectivity index (χ4v) is 0.975. The van der Waals surface area contributed by atoms with Gasteiger partial charge in [0, 0.05) is 0 Å². The monoisotopic (exact) mass is 245 g/mol. The van der Waals surface area contributed by atoms with Gasteiger partial charge < -0.3 is 14.8 Å². The van der Waals surface area contributed by atoms with E-state index in [1.807, 2.05) is 13.8 Å². The molecule has 17 heavy (non-hydrogen) atoms. The highest BCUT2D eigenvalue weighted by atomic mass is 16.6. The Morgan fingerprint density at radius 1 is 1.18 bits per heavy atom. The van der Waals surface area contributed by atoms with E-state index >= 15 is 0 Å². The Morgan fingerprint density at radius 3 is 2.12 bits per heavy atom. The average molecular weight is 245 g/mol. The standard InChI is InChI=1S/C12H23NO4/c1-8(2)16-7-10(14)13-9(3)11(15)17-12(4,5)6/h8-9H,7H2,1-6H3,(H,13,14)/t9-/m1/s1. The number of hydrogen-bond donors (Lipinski definition) is 1. The lowest BCUT2D eigenvalue weighted by atomic mass is 10.2. The first-order valence-electron chi connectivity index (χ1n) is 5.75. The normalized spacial score (nSPS) is 13.4. The number of hydrogen-bond acceptors (Lipinski definition) is 4. The number of esters is 1. The van der Waals surface area contributed by atoms with Crippen LogP contribution < -0.4 is 5.32 Å². The van der Waals surface area contributed by atoms with Gasteiger partial charge in [0.2, 0.25) is 5.91 Å². The van der Waals surface area contributed by atoms with Crippen molar-refractivity contribution < 1.29 is 19.1 Å². The largest absolute Gasteiger partial charge is 0.458 e. The zero-order valence-corrected chi connectivity index (χ0v) is 11.5. The molecule has 0 radical (unpaired) electrons. The number of carbonyl (C=O) groups excluding carboxylic acids is 2. The quantitative estimate of drug-likeness (QED) is 0.741. The SMILES string of the molecule is CC(C)OCC(=O)N[C@H](C)C(=O)OC(C)(C)C. The molecule has 0 rings (SSSR count). The molecule has 0 unspecified atom stereocenters. The van der Waals surface area contributed by atoms with Crippen LogP contribution in [0, 0.1) is 0 Å². The molecule has 0 aliphatic rings. The molecule has 0 fully saturated rings. The summed E-state index contributed by atoms with van der Waals surface area (Å²) >= 11 is 0. The maximum Gasteiger partial charge on any atom is 0.328 e. The zero-order valence-electron chi connectivity index (χ0n) is 11.5. The highest BCUT2D eigenvalue weighted by Crippen LogP contribution is 2.08. The zero-order chi connectivity index (χ0) is 13.6. The second kappa shape index (κ2) is 6.59. The molecular formula is C12H23NO4. The third-order valence-electron chi connectivity index (χ3n) is 1.69. The van der Waals surface area contributed by atoms with Crippen molar-refractivity contribution in [2.45, 2.75) is 59.3 Å². The Hall–Kier alpha value is -1.10. The van der Waals surface area contributed by atoms with Crippen LogP contribution in [0.2, 0.25) is 0 Å². The Balaban J connectivity index is 4.04. The molecular weight excluding hydrogens is 222 g/mol. The van der Waals surface area contributed by atoms with E-state index in [4.69, 9.17) is 9.47 Å². The van der Waals surface area contributed by atoms with Gasteiger partial charge in [-0.15, -0.1) is 0 Å². The number of amides is 1. The molecule has 0 heterocycles. The molecule has 0 saturated carbocycles. The van der Waals surface area contributed by atoms with Gasteiger partial charge in [-0.25, -0.2) is 4.79 Å². The summed E-state index contributed by atoms with van der Waals surface area (Å²) in [4.78, 5) is 22.9. The van der Waals surface area contributed by atoms with Crippen LogP contribution >= 0.6 is 0 Å². The maximum absolute atomic E-state index is 11.6. The summed E-state index contributed by atoms with van der Waals surface area (Å²) in [5.74, 6) is -0.771. The molecule has 1 amide bonds. The van der Waals surface area contributed by atoms with Crippen molar-refractivity contribution in [3.05, 3.63) is 0 Å². The van der Waals surface area contributed by atoms with Crippen LogP contribution in [0.1, 0.15) is 41.5 Å². The predicted octanol–water partition coefficient (Wildman–Crippen LogP) is 1.26. The molecule has 0 aromatic carbocycles. The van der Waals surface area contributed by atoms with Crippen LogP contribution in [0.5, 0.6) is 0 Å². The van der Waals surface area contributed by atoms with Crippen LogP contribution in [0.25, 0.3) is 0 Å². The number of rotatable bonds is 5. The fourth-order valence-electron chi connectivity index (χ4n) is 0.975. The number of ether oxygens (including phenoxy) is 2. The van der Waals surface area contributed by atoms with E-state index in [0.717, 1.165) is 0 Å². The van der Waals surface area contributed by atoms with Crippen molar-refractivity contribution in [2.75, 3.05) is 6.61 Å². The first kappa shape index (κ1) is 15.9. The molecule has 0 bridgehead atoms. The van der Waals surface area contributed by atoms with E-state index in [9.17, 15) is 9.59 Å². The summed E-state index contributed by atoms with van der Waals surface area (Å²) in [6.07, 6.45) is -0.0161. The van der Waals surface area contributed by atoms with E-state index in [1.165, 1.54) is 0 Å². The summed E-state index contributed by atoms with van der Waals surface area (Å²) in [5.41, 5.74) is -0.551. The number of carbonyl (C=O) groups is 2. The average Bonchev–Trinajstić information content (AvgIpc) is 2.11. The highest BCUT2D eigenvalue weighted by Gasteiger charge is 2.22. The van der Waals surface area contributed by atoms with Crippen LogP contribution in [-0.2, 0) is 19.1 Å². The Kier molecular flexibility index (Phi) is 6.16. The van der Waals surface area contributed by atoms with Gasteiger partial charge in [-0.1, -0.05) is 0 Å². The van der Waals surface area contributed by atoms with Crippen molar-refractivity contribution >= 4 is 11.9 Å². The maximum atomic E-state index is 11.6. The molecule has 1 N–H and O–H groups in total. The lowest BCUT2D eigenvalue weighted by Crippen LogP contribution is -2.43. The molecule has 0 aromatic rings. The summed E-state index contributed by atoms with van der Waals surface area (Å²) in [7, 11) is 0. The van der Waals surface area contributed by atoms with E-state index in [2.05, 4.69) is 5.32 Å². The molecule has 0 aliphatic heterocycles. The van der Waals surface area contributed by atoms with E-state index in [1.54, 1.807) is 27.7 Å². The number of nitrogens with one attached hydrogen (secondary N) is 1. The fraction of sp³-hybridized carbons (Fsp3) is 0.833. The first-order chi connectivity index (χ1) is 7.61. The van der Waals surface area contributed by atoms with Crippen molar-refractivity contribution in [3.63, 3.8) is 0 Å². The topological polar surface area (TPSA) is 64.6 Å². The second-order valence-electron chi connectivity index (χ2n) is 5.18. The van der Waals surface area contributed by atoms with Crippen molar-refractivity contribution in [1.82, 2.24) is 5.32 Å². The molecule has 0 aromatic heterocycles. The van der Waals surface area contributed by atoms with Gasteiger partial charge in [0.1, 0.15) is 18.2 Å². The van der Waals surface area contributed by atoms with Gasteiger partial charge in [0.05, 0.1) is 6.10 Å².